The van der Waals surface area contributed by atoms with Crippen molar-refractivity contribution in [2.45, 2.75) is 70.6 Å². The van der Waals surface area contributed by atoms with E-state index in [1.165, 1.54) is 17.0 Å². The summed E-state index contributed by atoms with van der Waals surface area (Å²) in [4.78, 5) is 39.8. The van der Waals surface area contributed by atoms with E-state index in [0.717, 1.165) is 24.4 Å². The molecule has 2 aromatic heterocycles. The van der Waals surface area contributed by atoms with Gasteiger partial charge in [-0.05, 0) is 56.9 Å². The van der Waals surface area contributed by atoms with E-state index < -0.39 is 29.4 Å². The van der Waals surface area contributed by atoms with Gasteiger partial charge in [-0.3, -0.25) is 10.2 Å². The first-order valence-electron chi connectivity index (χ1n) is 17.8. The molecule has 4 aromatic rings. The van der Waals surface area contributed by atoms with Crippen LogP contribution in [0.15, 0.2) is 12.1 Å². The molecule has 3 saturated heterocycles. The number of nitriles is 1. The van der Waals surface area contributed by atoms with Crippen LogP contribution in [0.1, 0.15) is 50.3 Å². The number of ether oxygens (including phenoxy) is 4. The van der Waals surface area contributed by atoms with Gasteiger partial charge in [-0.2, -0.15) is 15.2 Å². The Labute approximate surface area is 313 Å². The monoisotopic (exact) mass is 763 g/mol. The van der Waals surface area contributed by atoms with Crippen LogP contribution in [-0.4, -0.2) is 107 Å². The highest BCUT2D eigenvalue weighted by Gasteiger charge is 2.44. The lowest BCUT2D eigenvalue weighted by molar-refractivity contribution is -0.0336. The number of likely N-dealkylation sites (tertiary alicyclic amines) is 2. The summed E-state index contributed by atoms with van der Waals surface area (Å²) in [7, 11) is 1.67. The number of carboxylic acid groups (broad SMARTS) is 1. The fourth-order valence-electron chi connectivity index (χ4n) is 8.03. The lowest BCUT2D eigenvalue weighted by Crippen LogP contribution is -2.55. The molecule has 284 valence electrons. The van der Waals surface area contributed by atoms with Crippen molar-refractivity contribution in [3.05, 3.63) is 40.5 Å². The number of methoxy groups -OCH3 is 1. The maximum absolute atomic E-state index is 17.6. The van der Waals surface area contributed by atoms with Crippen LogP contribution in [0.2, 0.25) is 0 Å². The number of hydrogen-bond donors (Lipinski definition) is 2. The first-order chi connectivity index (χ1) is 25.8. The molecule has 3 fully saturated rings. The van der Waals surface area contributed by atoms with Crippen molar-refractivity contribution in [1.82, 2.24) is 19.8 Å². The van der Waals surface area contributed by atoms with Crippen molar-refractivity contribution >= 4 is 55.3 Å². The van der Waals surface area contributed by atoms with Gasteiger partial charge in [0.15, 0.2) is 5.82 Å². The van der Waals surface area contributed by atoms with E-state index >= 15 is 8.78 Å². The van der Waals surface area contributed by atoms with Gasteiger partial charge in [0.05, 0.1) is 30.3 Å². The minimum Gasteiger partial charge on any atom is -0.465 e. The number of nitrogens with zero attached hydrogens (tertiary/aromatic N) is 6. The van der Waals surface area contributed by atoms with Crippen LogP contribution in [0.3, 0.4) is 0 Å². The van der Waals surface area contributed by atoms with Crippen LogP contribution in [0.4, 0.5) is 29.2 Å². The zero-order chi connectivity index (χ0) is 38.1. The molecule has 14 nitrogen and oxygen atoms in total. The SMILES string of the molecule is COC1CN(CCOc2nc(N3C4CCC3CN(C(=O)O)C4)c3c4c(c(-c5c(F)ccc6sc(NC(=O)OC(C)(C)C)c(C#N)c56)c(F)c3n2)COC4)C1. The number of thiophene rings is 1. The summed E-state index contributed by atoms with van der Waals surface area (Å²) in [6, 6.07) is 4.29. The zero-order valence-corrected chi connectivity index (χ0v) is 31.0. The number of fused-ring (bicyclic) bond motifs is 6. The average molecular weight is 764 g/mol. The standard InChI is InChI=1S/C37H39F2N7O7S/c1-37(2,3)53-35(47)43-33-21(11-40)26-25(54-33)8-7-24(38)29(26)27-22-16-51-17-23(22)28-31(30(27)39)41-34(52-10-9-44-14-20(15-44)50-4)42-32(28)46-18-5-6-19(46)13-45(12-18)36(48)49/h7-8,18-20H,5-6,9-10,12-17H2,1-4H3,(H,43,47)(H,48,49). The lowest BCUT2D eigenvalue weighted by atomic mass is 9.90. The van der Waals surface area contributed by atoms with Gasteiger partial charge >= 0.3 is 18.2 Å². The number of rotatable bonds is 8. The second kappa shape index (κ2) is 13.8. The van der Waals surface area contributed by atoms with Crippen molar-refractivity contribution in [3.8, 4) is 23.2 Å². The normalized spacial score (nSPS) is 19.9. The summed E-state index contributed by atoms with van der Waals surface area (Å²) in [5.74, 6) is -1.20. The summed E-state index contributed by atoms with van der Waals surface area (Å²) in [6.07, 6.45) is -0.203. The third-order valence-corrected chi connectivity index (χ3v) is 11.5. The Morgan fingerprint density at radius 3 is 2.46 bits per heavy atom. The number of hydrogen-bond acceptors (Lipinski definition) is 12. The summed E-state index contributed by atoms with van der Waals surface area (Å²) >= 11 is 1.05. The van der Waals surface area contributed by atoms with Gasteiger partial charge in [-0.1, -0.05) is 0 Å². The Morgan fingerprint density at radius 1 is 1.07 bits per heavy atom. The molecule has 6 heterocycles. The fraction of sp³-hybridized carbons (Fsp3) is 0.486. The van der Waals surface area contributed by atoms with E-state index in [9.17, 15) is 20.0 Å². The minimum absolute atomic E-state index is 0.0375. The number of amides is 2. The molecular formula is C37H39F2N7O7S. The number of benzene rings is 2. The quantitative estimate of drug-likeness (QED) is 0.213. The Balaban J connectivity index is 1.29. The minimum atomic E-state index is -0.999. The van der Waals surface area contributed by atoms with Crippen LogP contribution in [0.5, 0.6) is 6.01 Å². The summed E-state index contributed by atoms with van der Waals surface area (Å²) in [6.45, 7) is 7.93. The van der Waals surface area contributed by atoms with Crippen LogP contribution in [-0.2, 0) is 27.4 Å². The maximum Gasteiger partial charge on any atom is 0.412 e. The van der Waals surface area contributed by atoms with Crippen molar-refractivity contribution in [3.63, 3.8) is 0 Å². The summed E-state index contributed by atoms with van der Waals surface area (Å²) in [5, 5.41) is 23.5. The van der Waals surface area contributed by atoms with Gasteiger partial charge in [0.25, 0.3) is 0 Å². The lowest BCUT2D eigenvalue weighted by Gasteiger charge is -2.41. The molecule has 2 unspecified atom stereocenters. The van der Waals surface area contributed by atoms with Gasteiger partial charge in [-0.15, -0.1) is 11.3 Å². The molecule has 0 saturated carbocycles. The maximum atomic E-state index is 17.6. The van der Waals surface area contributed by atoms with Crippen LogP contribution in [0, 0.1) is 23.0 Å². The van der Waals surface area contributed by atoms with Crippen LogP contribution < -0.4 is 15.0 Å². The summed E-state index contributed by atoms with van der Waals surface area (Å²) in [5.41, 5.74) is -0.234. The van der Waals surface area contributed by atoms with Crippen molar-refractivity contribution in [2.24, 2.45) is 0 Å². The fourth-order valence-corrected chi connectivity index (χ4v) is 9.08. The molecule has 4 aliphatic heterocycles. The molecular weight excluding hydrogens is 725 g/mol. The van der Waals surface area contributed by atoms with Gasteiger partial charge in [0.2, 0.25) is 0 Å². The topological polar surface area (TPSA) is 163 Å². The second-order valence-electron chi connectivity index (χ2n) is 15.0. The van der Waals surface area contributed by atoms with Gasteiger partial charge in [0.1, 0.15) is 40.4 Å². The molecule has 0 aliphatic carbocycles. The van der Waals surface area contributed by atoms with E-state index in [-0.39, 0.29) is 89.7 Å². The van der Waals surface area contributed by atoms with Crippen LogP contribution >= 0.6 is 11.3 Å². The van der Waals surface area contributed by atoms with Crippen molar-refractivity contribution in [2.75, 3.05) is 56.7 Å². The number of carbonyl (C=O) groups excluding carboxylic acids is 1. The molecule has 2 amide bonds. The molecule has 54 heavy (non-hydrogen) atoms. The molecule has 2 atom stereocenters. The first kappa shape index (κ1) is 36.1. The van der Waals surface area contributed by atoms with Crippen LogP contribution in [0.25, 0.3) is 32.1 Å². The van der Waals surface area contributed by atoms with Gasteiger partial charge < -0.3 is 33.9 Å². The predicted molar refractivity (Wildman–Crippen MR) is 195 cm³/mol. The highest BCUT2D eigenvalue weighted by molar-refractivity contribution is 7.23. The molecule has 2 N–H and O–H groups in total. The molecule has 2 aromatic carbocycles. The number of piperazine rings is 1. The van der Waals surface area contributed by atoms with E-state index in [1.807, 2.05) is 0 Å². The molecule has 8 rings (SSSR count). The molecule has 2 bridgehead atoms. The molecule has 4 aliphatic rings. The predicted octanol–water partition coefficient (Wildman–Crippen LogP) is 6.08. The number of aromatic nitrogens is 2. The number of halogens is 2. The first-order valence-corrected chi connectivity index (χ1v) is 18.6. The number of anilines is 2. The van der Waals surface area contributed by atoms with E-state index in [2.05, 4.69) is 26.2 Å². The zero-order valence-electron chi connectivity index (χ0n) is 30.2. The second-order valence-corrected chi connectivity index (χ2v) is 16.0. The average Bonchev–Trinajstić information content (AvgIpc) is 3.78. The number of nitrogens with one attached hydrogen (secondary N) is 1. The smallest absolute Gasteiger partial charge is 0.412 e. The Kier molecular flexibility index (Phi) is 9.20. The van der Waals surface area contributed by atoms with E-state index in [4.69, 9.17) is 23.9 Å². The molecule has 0 spiro atoms. The largest absolute Gasteiger partial charge is 0.465 e. The highest BCUT2D eigenvalue weighted by Crippen LogP contribution is 2.49. The third-order valence-electron chi connectivity index (χ3n) is 10.4. The summed E-state index contributed by atoms with van der Waals surface area (Å²) < 4.78 is 57.2. The van der Waals surface area contributed by atoms with E-state index in [0.29, 0.717) is 46.4 Å². The third kappa shape index (κ3) is 6.30. The van der Waals surface area contributed by atoms with E-state index in [1.54, 1.807) is 27.9 Å². The Morgan fingerprint density at radius 2 is 1.80 bits per heavy atom. The van der Waals surface area contributed by atoms with Crippen molar-refractivity contribution < 1.29 is 42.4 Å². The number of carbonyl (C=O) groups is 2. The molecule has 17 heteroatoms. The Hall–Kier alpha value is -4.89. The highest BCUT2D eigenvalue weighted by atomic mass is 32.1. The van der Waals surface area contributed by atoms with Gasteiger partial charge in [0, 0.05) is 73.1 Å². The van der Waals surface area contributed by atoms with Crippen molar-refractivity contribution in [1.29, 1.82) is 5.26 Å². The Bertz CT molecular complexity index is 2220. The molecule has 0 radical (unpaired) electrons. The van der Waals surface area contributed by atoms with Gasteiger partial charge in [-0.25, -0.2) is 18.4 Å².